The number of benzene rings is 2. The summed E-state index contributed by atoms with van der Waals surface area (Å²) >= 11 is 0. The van der Waals surface area contributed by atoms with Crippen LogP contribution in [0.15, 0.2) is 55.1 Å². The van der Waals surface area contributed by atoms with Gasteiger partial charge in [-0.2, -0.15) is 0 Å². The lowest BCUT2D eigenvalue weighted by molar-refractivity contribution is 0.171. The van der Waals surface area contributed by atoms with Gasteiger partial charge in [-0.3, -0.25) is 0 Å². The van der Waals surface area contributed by atoms with E-state index < -0.39 is 6.67 Å². The van der Waals surface area contributed by atoms with Crippen LogP contribution in [-0.2, 0) is 19.5 Å². The van der Waals surface area contributed by atoms with Crippen molar-refractivity contribution >= 4 is 0 Å². The van der Waals surface area contributed by atoms with E-state index in [2.05, 4.69) is 18.7 Å². The fourth-order valence-corrected chi connectivity index (χ4v) is 5.87. The zero-order chi connectivity index (χ0) is 21.6. The van der Waals surface area contributed by atoms with Gasteiger partial charge in [0.1, 0.15) is 12.5 Å². The molecule has 2 heteroatoms. The van der Waals surface area contributed by atoms with Gasteiger partial charge in [0, 0.05) is 0 Å². The van der Waals surface area contributed by atoms with Gasteiger partial charge < -0.3 is 0 Å². The predicted molar refractivity (Wildman–Crippen MR) is 125 cm³/mol. The van der Waals surface area contributed by atoms with E-state index in [9.17, 15) is 8.78 Å². The van der Waals surface area contributed by atoms with Crippen LogP contribution in [-0.4, -0.2) is 0 Å². The molecule has 166 valence electrons. The topological polar surface area (TPSA) is 0 Å². The smallest absolute Gasteiger partial charge is 0.126 e. The molecule has 0 saturated heterocycles. The minimum atomic E-state index is -0.436. The molecule has 0 N–H and O–H groups in total. The van der Waals surface area contributed by atoms with E-state index in [1.54, 1.807) is 6.07 Å². The number of alkyl halides is 1. The zero-order valence-electron chi connectivity index (χ0n) is 18.7. The fraction of sp³-hybridized carbons (Fsp3) is 0.517. The molecule has 2 saturated carbocycles. The predicted octanol–water partition coefficient (Wildman–Crippen LogP) is 8.35. The van der Waals surface area contributed by atoms with E-state index >= 15 is 0 Å². The average molecular weight is 423 g/mol. The molecule has 0 amide bonds. The standard InChI is InChI=1S/C29H36F2/c1-2-21-7-10-24(11-8-21)25-13-15-26(16-14-25)28-18-17-27(29(31)19-28)12-9-22-3-5-23(20-30)6-4-22/h2-6,17-19,21,24-26H,1,7-16,20H2. The van der Waals surface area contributed by atoms with Crippen molar-refractivity contribution in [2.45, 2.75) is 76.8 Å². The normalized spacial score (nSPS) is 26.5. The van der Waals surface area contributed by atoms with Crippen molar-refractivity contribution in [1.29, 1.82) is 0 Å². The van der Waals surface area contributed by atoms with Crippen molar-refractivity contribution in [1.82, 2.24) is 0 Å². The van der Waals surface area contributed by atoms with E-state index in [1.807, 2.05) is 30.3 Å². The summed E-state index contributed by atoms with van der Waals surface area (Å²) in [6.45, 7) is 3.53. The van der Waals surface area contributed by atoms with Gasteiger partial charge in [0.15, 0.2) is 0 Å². The van der Waals surface area contributed by atoms with Crippen molar-refractivity contribution in [2.24, 2.45) is 17.8 Å². The first-order valence-electron chi connectivity index (χ1n) is 12.2. The number of aryl methyl sites for hydroxylation is 2. The Kier molecular flexibility index (Phi) is 7.58. The van der Waals surface area contributed by atoms with Crippen LogP contribution in [0.2, 0.25) is 0 Å². The molecule has 0 spiro atoms. The van der Waals surface area contributed by atoms with Crippen LogP contribution in [0.5, 0.6) is 0 Å². The van der Waals surface area contributed by atoms with Crippen LogP contribution in [0.25, 0.3) is 0 Å². The molecule has 31 heavy (non-hydrogen) atoms. The fourth-order valence-electron chi connectivity index (χ4n) is 5.87. The van der Waals surface area contributed by atoms with Gasteiger partial charge in [-0.15, -0.1) is 6.58 Å². The molecule has 2 aliphatic rings. The first kappa shape index (κ1) is 22.2. The van der Waals surface area contributed by atoms with Crippen molar-refractivity contribution in [3.63, 3.8) is 0 Å². The summed E-state index contributed by atoms with van der Waals surface area (Å²) in [5, 5.41) is 0. The lowest BCUT2D eigenvalue weighted by Crippen LogP contribution is -2.25. The molecule has 2 fully saturated rings. The Morgan fingerprint density at radius 2 is 1.39 bits per heavy atom. The van der Waals surface area contributed by atoms with E-state index in [1.165, 1.54) is 56.9 Å². The van der Waals surface area contributed by atoms with E-state index in [-0.39, 0.29) is 5.82 Å². The van der Waals surface area contributed by atoms with Crippen molar-refractivity contribution in [3.05, 3.63) is 83.2 Å². The van der Waals surface area contributed by atoms with Gasteiger partial charge in [-0.1, -0.05) is 42.5 Å². The molecule has 4 rings (SSSR count). The maximum absolute atomic E-state index is 14.8. The molecule has 0 atom stereocenters. The summed E-state index contributed by atoms with van der Waals surface area (Å²) < 4.78 is 27.4. The van der Waals surface area contributed by atoms with Crippen molar-refractivity contribution < 1.29 is 8.78 Å². The summed E-state index contributed by atoms with van der Waals surface area (Å²) in [4.78, 5) is 0. The van der Waals surface area contributed by atoms with Gasteiger partial charge in [-0.25, -0.2) is 8.78 Å². The molecule has 0 radical (unpaired) electrons. The Morgan fingerprint density at radius 3 is 1.97 bits per heavy atom. The molecule has 0 unspecified atom stereocenters. The van der Waals surface area contributed by atoms with Crippen LogP contribution in [0.4, 0.5) is 8.78 Å². The minimum absolute atomic E-state index is 0.0669. The van der Waals surface area contributed by atoms with Crippen molar-refractivity contribution in [3.8, 4) is 0 Å². The third-order valence-corrected chi connectivity index (χ3v) is 8.00. The molecule has 0 nitrogen and oxygen atoms in total. The molecule has 0 aromatic heterocycles. The highest BCUT2D eigenvalue weighted by atomic mass is 19.1. The molecule has 0 heterocycles. The third kappa shape index (κ3) is 5.64. The maximum Gasteiger partial charge on any atom is 0.126 e. The molecule has 2 aliphatic carbocycles. The Morgan fingerprint density at radius 1 is 0.774 bits per heavy atom. The summed E-state index contributed by atoms with van der Waals surface area (Å²) in [5.74, 6) is 2.95. The highest BCUT2D eigenvalue weighted by Crippen LogP contribution is 2.44. The number of rotatable bonds is 7. The Balaban J connectivity index is 1.28. The van der Waals surface area contributed by atoms with Gasteiger partial charge in [-0.05, 0) is 116 Å². The number of hydrogen-bond donors (Lipinski definition) is 0. The second-order valence-electron chi connectivity index (χ2n) is 9.82. The Labute approximate surface area is 186 Å². The second-order valence-corrected chi connectivity index (χ2v) is 9.82. The Hall–Kier alpha value is -1.96. The Bertz CT molecular complexity index is 838. The second kappa shape index (κ2) is 10.6. The first-order valence-corrected chi connectivity index (χ1v) is 12.2. The molecule has 0 bridgehead atoms. The molecule has 2 aromatic carbocycles. The molecule has 0 aliphatic heterocycles. The van der Waals surface area contributed by atoms with Gasteiger partial charge >= 0.3 is 0 Å². The summed E-state index contributed by atoms with van der Waals surface area (Å²) in [6, 6.07) is 13.5. The highest BCUT2D eigenvalue weighted by Gasteiger charge is 2.30. The number of allylic oxidation sites excluding steroid dienone is 1. The summed E-state index contributed by atoms with van der Waals surface area (Å²) in [7, 11) is 0. The van der Waals surface area contributed by atoms with Gasteiger partial charge in [0.25, 0.3) is 0 Å². The molecule has 2 aromatic rings. The van der Waals surface area contributed by atoms with E-state index in [4.69, 9.17) is 0 Å². The quantitative estimate of drug-likeness (QED) is 0.393. The summed E-state index contributed by atoms with van der Waals surface area (Å²) in [5.41, 5.74) is 3.79. The van der Waals surface area contributed by atoms with Crippen LogP contribution in [0, 0.1) is 23.6 Å². The van der Waals surface area contributed by atoms with Crippen LogP contribution < -0.4 is 0 Å². The number of hydrogen-bond acceptors (Lipinski definition) is 0. The lowest BCUT2D eigenvalue weighted by atomic mass is 9.68. The third-order valence-electron chi connectivity index (χ3n) is 8.00. The van der Waals surface area contributed by atoms with Gasteiger partial charge in [0.05, 0.1) is 0 Å². The van der Waals surface area contributed by atoms with Crippen LogP contribution in [0.1, 0.15) is 79.5 Å². The largest absolute Gasteiger partial charge is 0.246 e. The maximum atomic E-state index is 14.8. The highest BCUT2D eigenvalue weighted by molar-refractivity contribution is 5.29. The lowest BCUT2D eigenvalue weighted by Gasteiger charge is -2.37. The average Bonchev–Trinajstić information content (AvgIpc) is 2.84. The van der Waals surface area contributed by atoms with Gasteiger partial charge in [0.2, 0.25) is 0 Å². The monoisotopic (exact) mass is 422 g/mol. The van der Waals surface area contributed by atoms with Crippen LogP contribution >= 0.6 is 0 Å². The minimum Gasteiger partial charge on any atom is -0.246 e. The van der Waals surface area contributed by atoms with E-state index in [0.29, 0.717) is 17.9 Å². The zero-order valence-corrected chi connectivity index (χ0v) is 18.7. The van der Waals surface area contributed by atoms with Crippen LogP contribution in [0.3, 0.4) is 0 Å². The molecular formula is C29H36F2. The molecular weight excluding hydrogens is 386 g/mol. The summed E-state index contributed by atoms with van der Waals surface area (Å²) in [6.07, 6.45) is 14.0. The van der Waals surface area contributed by atoms with E-state index in [0.717, 1.165) is 35.3 Å². The first-order chi connectivity index (χ1) is 15.2. The van der Waals surface area contributed by atoms with Crippen molar-refractivity contribution in [2.75, 3.05) is 0 Å². The SMILES string of the molecule is C=CC1CCC(C2CCC(c3ccc(CCc4ccc(CF)cc4)c(F)c3)CC2)CC1. The number of halogens is 2.